The molecule has 2 rings (SSSR count). The molecular formula is C13H23N3O2. The maximum Gasteiger partial charge on any atom is 0.222 e. The average Bonchev–Trinajstić information content (AvgIpc) is 2.75. The fourth-order valence-electron chi connectivity index (χ4n) is 3.08. The highest BCUT2D eigenvalue weighted by atomic mass is 16.2. The number of carbonyl (C=O) groups excluding carboxylic acids is 2. The summed E-state index contributed by atoms with van der Waals surface area (Å²) in [6.45, 7) is 1.14. The fraction of sp³-hybridized carbons (Fsp3) is 0.846. The predicted molar refractivity (Wildman–Crippen MR) is 68.7 cm³/mol. The van der Waals surface area contributed by atoms with Gasteiger partial charge in [-0.05, 0) is 24.8 Å². The maximum absolute atomic E-state index is 12.0. The van der Waals surface area contributed by atoms with Crippen molar-refractivity contribution in [3.05, 3.63) is 0 Å². The molecule has 0 spiro atoms. The number of nitrogens with one attached hydrogen (secondary N) is 2. The lowest BCUT2D eigenvalue weighted by atomic mass is 9.71. The van der Waals surface area contributed by atoms with Crippen molar-refractivity contribution >= 4 is 11.8 Å². The van der Waals surface area contributed by atoms with Crippen LogP contribution in [-0.4, -0.2) is 30.9 Å². The highest BCUT2D eigenvalue weighted by Gasteiger charge is 2.34. The molecule has 2 fully saturated rings. The summed E-state index contributed by atoms with van der Waals surface area (Å²) in [7, 11) is 0. The van der Waals surface area contributed by atoms with Crippen molar-refractivity contribution in [2.45, 2.75) is 51.0 Å². The zero-order valence-corrected chi connectivity index (χ0v) is 10.8. The predicted octanol–water partition coefficient (Wildman–Crippen LogP) is 0.290. The Labute approximate surface area is 108 Å². The van der Waals surface area contributed by atoms with E-state index in [0.717, 1.165) is 12.8 Å². The molecule has 5 heteroatoms. The van der Waals surface area contributed by atoms with E-state index in [4.69, 9.17) is 5.73 Å². The van der Waals surface area contributed by atoms with Gasteiger partial charge in [0.2, 0.25) is 11.8 Å². The molecule has 1 atom stereocenters. The number of rotatable bonds is 4. The Kier molecular flexibility index (Phi) is 4.22. The molecule has 1 unspecified atom stereocenters. The first-order valence-electron chi connectivity index (χ1n) is 6.90. The Hall–Kier alpha value is -1.10. The number of nitrogens with two attached hydrogens (primary N) is 1. The van der Waals surface area contributed by atoms with Crippen LogP contribution >= 0.6 is 0 Å². The van der Waals surface area contributed by atoms with Crippen molar-refractivity contribution in [2.24, 2.45) is 11.1 Å². The largest absolute Gasteiger partial charge is 0.354 e. The summed E-state index contributed by atoms with van der Waals surface area (Å²) in [6.07, 6.45) is 6.62. The Morgan fingerprint density at radius 3 is 2.67 bits per heavy atom. The number of carbonyl (C=O) groups is 2. The van der Waals surface area contributed by atoms with E-state index >= 15 is 0 Å². The van der Waals surface area contributed by atoms with Crippen molar-refractivity contribution in [1.29, 1.82) is 0 Å². The first kappa shape index (κ1) is 13.3. The van der Waals surface area contributed by atoms with Gasteiger partial charge in [0, 0.05) is 19.4 Å². The fourth-order valence-corrected chi connectivity index (χ4v) is 3.08. The van der Waals surface area contributed by atoms with Gasteiger partial charge in [-0.2, -0.15) is 0 Å². The van der Waals surface area contributed by atoms with E-state index < -0.39 is 0 Å². The van der Waals surface area contributed by atoms with Crippen LogP contribution in [0.3, 0.4) is 0 Å². The summed E-state index contributed by atoms with van der Waals surface area (Å²) in [5.41, 5.74) is 5.87. The van der Waals surface area contributed by atoms with Crippen molar-refractivity contribution in [3.63, 3.8) is 0 Å². The molecule has 5 nitrogen and oxygen atoms in total. The summed E-state index contributed by atoms with van der Waals surface area (Å²) in [5, 5.41) is 5.66. The Morgan fingerprint density at radius 2 is 2.11 bits per heavy atom. The lowest BCUT2D eigenvalue weighted by Crippen LogP contribution is -2.42. The van der Waals surface area contributed by atoms with E-state index in [-0.39, 0.29) is 23.3 Å². The van der Waals surface area contributed by atoms with Gasteiger partial charge >= 0.3 is 0 Å². The number of amides is 2. The minimum atomic E-state index is -0.0385. The summed E-state index contributed by atoms with van der Waals surface area (Å²) in [4.78, 5) is 23.1. The van der Waals surface area contributed by atoms with Crippen LogP contribution in [0.5, 0.6) is 0 Å². The molecule has 102 valence electrons. The highest BCUT2D eigenvalue weighted by Crippen LogP contribution is 2.38. The quantitative estimate of drug-likeness (QED) is 0.673. The van der Waals surface area contributed by atoms with E-state index in [0.29, 0.717) is 25.9 Å². The second kappa shape index (κ2) is 5.69. The van der Waals surface area contributed by atoms with Gasteiger partial charge < -0.3 is 16.4 Å². The van der Waals surface area contributed by atoms with Crippen LogP contribution in [-0.2, 0) is 9.59 Å². The molecular weight excluding hydrogens is 230 g/mol. The van der Waals surface area contributed by atoms with Gasteiger partial charge in [-0.3, -0.25) is 9.59 Å². The van der Waals surface area contributed by atoms with Crippen LogP contribution < -0.4 is 16.4 Å². The van der Waals surface area contributed by atoms with Gasteiger partial charge in [0.15, 0.2) is 0 Å². The van der Waals surface area contributed by atoms with Gasteiger partial charge in [0.1, 0.15) is 0 Å². The Morgan fingerprint density at radius 1 is 1.39 bits per heavy atom. The molecule has 0 aromatic carbocycles. The summed E-state index contributed by atoms with van der Waals surface area (Å²) in [5.74, 6) is 0.0651. The van der Waals surface area contributed by atoms with Crippen molar-refractivity contribution in [3.8, 4) is 0 Å². The van der Waals surface area contributed by atoms with Crippen LogP contribution in [0.2, 0.25) is 0 Å². The molecule has 1 aliphatic carbocycles. The van der Waals surface area contributed by atoms with Gasteiger partial charge in [0.25, 0.3) is 0 Å². The standard InChI is InChI=1S/C13H23N3O2/c14-9-13(4-2-1-3-5-13)7-12(18)16-10-6-11(17)15-8-10/h10H,1-9,14H2,(H,15,17)(H,16,18). The smallest absolute Gasteiger partial charge is 0.222 e. The number of hydrogen-bond donors (Lipinski definition) is 3. The highest BCUT2D eigenvalue weighted by molar-refractivity contribution is 5.82. The maximum atomic E-state index is 12.0. The van der Waals surface area contributed by atoms with Crippen LogP contribution in [0.25, 0.3) is 0 Å². The van der Waals surface area contributed by atoms with E-state index in [9.17, 15) is 9.59 Å². The van der Waals surface area contributed by atoms with E-state index in [1.807, 2.05) is 0 Å². The molecule has 2 amide bonds. The van der Waals surface area contributed by atoms with Crippen LogP contribution in [0, 0.1) is 5.41 Å². The molecule has 4 N–H and O–H groups in total. The molecule has 1 heterocycles. The summed E-state index contributed by atoms with van der Waals surface area (Å²) < 4.78 is 0. The SMILES string of the molecule is NCC1(CC(=O)NC2CNC(=O)C2)CCCCC1. The first-order valence-corrected chi connectivity index (χ1v) is 6.90. The van der Waals surface area contributed by atoms with Gasteiger partial charge in [-0.1, -0.05) is 19.3 Å². The zero-order chi connectivity index (χ0) is 13.0. The average molecular weight is 253 g/mol. The molecule has 0 aromatic rings. The topological polar surface area (TPSA) is 84.2 Å². The van der Waals surface area contributed by atoms with Crippen molar-refractivity contribution in [1.82, 2.24) is 10.6 Å². The zero-order valence-electron chi connectivity index (χ0n) is 10.8. The van der Waals surface area contributed by atoms with Crippen LogP contribution in [0.15, 0.2) is 0 Å². The molecule has 0 radical (unpaired) electrons. The second-order valence-electron chi connectivity index (χ2n) is 5.71. The van der Waals surface area contributed by atoms with Gasteiger partial charge in [-0.25, -0.2) is 0 Å². The van der Waals surface area contributed by atoms with E-state index in [1.165, 1.54) is 19.3 Å². The molecule has 2 aliphatic rings. The third-order valence-electron chi connectivity index (χ3n) is 4.23. The van der Waals surface area contributed by atoms with Gasteiger partial charge in [-0.15, -0.1) is 0 Å². The van der Waals surface area contributed by atoms with Gasteiger partial charge in [0.05, 0.1) is 6.04 Å². The minimum Gasteiger partial charge on any atom is -0.354 e. The first-order chi connectivity index (χ1) is 8.63. The van der Waals surface area contributed by atoms with Crippen LogP contribution in [0.1, 0.15) is 44.9 Å². The lowest BCUT2D eigenvalue weighted by molar-refractivity contribution is -0.124. The minimum absolute atomic E-state index is 0.00161. The molecule has 1 aliphatic heterocycles. The normalized spacial score (nSPS) is 26.7. The summed E-state index contributed by atoms with van der Waals surface area (Å²) in [6, 6.07) is -0.0385. The molecule has 1 saturated carbocycles. The molecule has 0 aromatic heterocycles. The van der Waals surface area contributed by atoms with E-state index in [2.05, 4.69) is 10.6 Å². The van der Waals surface area contributed by atoms with Crippen molar-refractivity contribution < 1.29 is 9.59 Å². The Balaban J connectivity index is 1.83. The van der Waals surface area contributed by atoms with Crippen LogP contribution in [0.4, 0.5) is 0 Å². The molecule has 0 bridgehead atoms. The third kappa shape index (κ3) is 3.22. The molecule has 1 saturated heterocycles. The van der Waals surface area contributed by atoms with Crippen molar-refractivity contribution in [2.75, 3.05) is 13.1 Å². The summed E-state index contributed by atoms with van der Waals surface area (Å²) >= 11 is 0. The lowest BCUT2D eigenvalue weighted by Gasteiger charge is -2.35. The second-order valence-corrected chi connectivity index (χ2v) is 5.71. The Bertz CT molecular complexity index is 324. The molecule has 18 heavy (non-hydrogen) atoms. The third-order valence-corrected chi connectivity index (χ3v) is 4.23. The monoisotopic (exact) mass is 253 g/mol. The van der Waals surface area contributed by atoms with E-state index in [1.54, 1.807) is 0 Å². The number of hydrogen-bond acceptors (Lipinski definition) is 3.